The molecule has 0 unspecified atom stereocenters. The summed E-state index contributed by atoms with van der Waals surface area (Å²) in [6.45, 7) is 6.05. The standard InChI is InChI=1S/C43H42ClF4N7O3/c1-40(2,3)24-43(29-13-17-32-27(20-29)11-15-30(52-32)14-10-26-8-6-5-7-9-26)38(57)55(39(50)54-43)34(23-58-35(56)22-42(18-19-42)41(4,47)48)28-12-16-31(44)33(21-28)53-37(36(45)46)51-25-49/h5-9,11-13,15-17,20-21,25,34,36H,18-19,22-24H2,1-4H3,(H2,50,54)(H2,49,51,53)/t34-,43-/m1/s1. The van der Waals surface area contributed by atoms with Crippen molar-refractivity contribution in [3.05, 3.63) is 106 Å². The molecule has 2 atom stereocenters. The van der Waals surface area contributed by atoms with Crippen molar-refractivity contribution in [2.24, 2.45) is 37.3 Å². The number of rotatable bonds is 11. The van der Waals surface area contributed by atoms with Gasteiger partial charge in [-0.25, -0.2) is 37.5 Å². The molecule has 2 aliphatic rings. The van der Waals surface area contributed by atoms with E-state index in [9.17, 15) is 22.4 Å². The predicted molar refractivity (Wildman–Crippen MR) is 216 cm³/mol. The molecular weight excluding hydrogens is 774 g/mol. The van der Waals surface area contributed by atoms with Crippen molar-refractivity contribution >= 4 is 58.2 Å². The highest BCUT2D eigenvalue weighted by molar-refractivity contribution is 6.33. The fraction of sp³-hybridized carbons (Fsp3) is 0.349. The van der Waals surface area contributed by atoms with Gasteiger partial charge in [0.15, 0.2) is 17.3 Å². The summed E-state index contributed by atoms with van der Waals surface area (Å²) in [4.78, 5) is 46.4. The zero-order valence-corrected chi connectivity index (χ0v) is 33.0. The molecular formula is C43H42ClF4N7O3. The number of fused-ring (bicyclic) bond motifs is 1. The maximum Gasteiger partial charge on any atom is 0.306 e. The number of esters is 1. The number of hydrogen-bond acceptors (Lipinski definition) is 7. The first-order chi connectivity index (χ1) is 27.3. The molecule has 10 nitrogen and oxygen atoms in total. The topological polar surface area (TPSA) is 149 Å². The summed E-state index contributed by atoms with van der Waals surface area (Å²) in [7, 11) is 0. The van der Waals surface area contributed by atoms with Gasteiger partial charge in [-0.15, -0.1) is 0 Å². The van der Waals surface area contributed by atoms with Crippen LogP contribution in [0.5, 0.6) is 0 Å². The molecule has 0 bridgehead atoms. The fourth-order valence-corrected chi connectivity index (χ4v) is 7.24. The molecule has 0 spiro atoms. The smallest absolute Gasteiger partial charge is 0.306 e. The van der Waals surface area contributed by atoms with Crippen molar-refractivity contribution in [2.75, 3.05) is 6.61 Å². The first kappa shape index (κ1) is 41.8. The Kier molecular flexibility index (Phi) is 11.7. The van der Waals surface area contributed by atoms with Crippen LogP contribution in [0.15, 0.2) is 93.8 Å². The molecule has 1 aliphatic heterocycles. The molecule has 4 N–H and O–H groups in total. The van der Waals surface area contributed by atoms with Gasteiger partial charge in [-0.05, 0) is 97.2 Å². The molecule has 1 aromatic heterocycles. The van der Waals surface area contributed by atoms with E-state index in [0.29, 0.717) is 28.5 Å². The van der Waals surface area contributed by atoms with Crippen LogP contribution in [-0.2, 0) is 19.9 Å². The van der Waals surface area contributed by atoms with Crippen molar-refractivity contribution < 1.29 is 31.9 Å². The molecule has 4 aromatic rings. The number of aliphatic imine (C=N–C) groups is 3. The monoisotopic (exact) mass is 815 g/mol. The van der Waals surface area contributed by atoms with Gasteiger partial charge in [0.05, 0.1) is 35.0 Å². The first-order valence-corrected chi connectivity index (χ1v) is 18.8. The number of pyridine rings is 1. The van der Waals surface area contributed by atoms with Crippen LogP contribution < -0.4 is 11.5 Å². The third kappa shape index (κ3) is 9.00. The fourth-order valence-electron chi connectivity index (χ4n) is 7.08. The van der Waals surface area contributed by atoms with E-state index < -0.39 is 65.5 Å². The highest BCUT2D eigenvalue weighted by atomic mass is 35.5. The number of carbonyl (C=O) groups excluding carboxylic acids is 2. The lowest BCUT2D eigenvalue weighted by Gasteiger charge is -2.35. The van der Waals surface area contributed by atoms with Gasteiger partial charge in [-0.1, -0.05) is 68.6 Å². The molecule has 1 saturated carbocycles. The lowest BCUT2D eigenvalue weighted by molar-refractivity contribution is -0.153. The van der Waals surface area contributed by atoms with Gasteiger partial charge in [0.1, 0.15) is 12.3 Å². The Bertz CT molecular complexity index is 2380. The summed E-state index contributed by atoms with van der Waals surface area (Å²) in [5.74, 6) is 0.428. The number of ether oxygens (including phenoxy) is 1. The lowest BCUT2D eigenvalue weighted by Crippen LogP contribution is -2.47. The number of aromatic nitrogens is 1. The third-order valence-electron chi connectivity index (χ3n) is 10.2. The average molecular weight is 816 g/mol. The Balaban J connectivity index is 1.40. The Morgan fingerprint density at radius 2 is 1.76 bits per heavy atom. The van der Waals surface area contributed by atoms with E-state index in [2.05, 4.69) is 21.8 Å². The van der Waals surface area contributed by atoms with Gasteiger partial charge in [-0.2, -0.15) is 0 Å². The summed E-state index contributed by atoms with van der Waals surface area (Å²) in [6.07, 6.45) is -2.53. The Morgan fingerprint density at radius 1 is 1.03 bits per heavy atom. The molecule has 302 valence electrons. The van der Waals surface area contributed by atoms with Crippen LogP contribution in [0.25, 0.3) is 10.9 Å². The van der Waals surface area contributed by atoms with E-state index in [4.69, 9.17) is 37.8 Å². The minimum atomic E-state index is -3.12. The van der Waals surface area contributed by atoms with Gasteiger partial charge in [0.25, 0.3) is 18.3 Å². The third-order valence-corrected chi connectivity index (χ3v) is 10.5. The highest BCUT2D eigenvalue weighted by Gasteiger charge is 2.60. The lowest BCUT2D eigenvalue weighted by atomic mass is 9.75. The number of amides is 1. The van der Waals surface area contributed by atoms with Gasteiger partial charge in [0.2, 0.25) is 0 Å². The van der Waals surface area contributed by atoms with E-state index in [1.54, 1.807) is 18.2 Å². The zero-order chi connectivity index (χ0) is 42.0. The zero-order valence-electron chi connectivity index (χ0n) is 32.3. The van der Waals surface area contributed by atoms with Gasteiger partial charge >= 0.3 is 5.97 Å². The Morgan fingerprint density at radius 3 is 2.40 bits per heavy atom. The summed E-state index contributed by atoms with van der Waals surface area (Å²) < 4.78 is 62.1. The first-order valence-electron chi connectivity index (χ1n) is 18.5. The number of carbonyl (C=O) groups is 2. The number of nitrogens with zero attached hydrogens (tertiary/aromatic N) is 5. The molecule has 1 amide bonds. The second-order valence-electron chi connectivity index (χ2n) is 15.8. The van der Waals surface area contributed by atoms with Crippen LogP contribution >= 0.6 is 11.6 Å². The predicted octanol–water partition coefficient (Wildman–Crippen LogP) is 8.47. The maximum absolute atomic E-state index is 15.1. The summed E-state index contributed by atoms with van der Waals surface area (Å²) >= 11 is 6.38. The van der Waals surface area contributed by atoms with Crippen molar-refractivity contribution in [3.63, 3.8) is 0 Å². The number of benzene rings is 3. The number of hydrogen-bond donors (Lipinski definition) is 2. The largest absolute Gasteiger partial charge is 0.463 e. The number of halogens is 5. The quantitative estimate of drug-likeness (QED) is 0.0510. The molecule has 0 saturated heterocycles. The van der Waals surface area contributed by atoms with Crippen molar-refractivity contribution in [1.82, 2.24) is 9.88 Å². The van der Waals surface area contributed by atoms with Gasteiger partial charge in [0, 0.05) is 16.4 Å². The van der Waals surface area contributed by atoms with E-state index in [-0.39, 0.29) is 41.5 Å². The summed E-state index contributed by atoms with van der Waals surface area (Å²) in [6, 6.07) is 21.4. The van der Waals surface area contributed by atoms with Gasteiger partial charge in [-0.3, -0.25) is 14.5 Å². The van der Waals surface area contributed by atoms with Crippen molar-refractivity contribution in [1.29, 1.82) is 0 Å². The molecule has 1 aliphatic carbocycles. The van der Waals surface area contributed by atoms with E-state index in [1.165, 1.54) is 23.1 Å². The van der Waals surface area contributed by atoms with E-state index in [0.717, 1.165) is 12.5 Å². The van der Waals surface area contributed by atoms with Crippen LogP contribution in [0, 0.1) is 22.7 Å². The molecule has 15 heteroatoms. The molecule has 1 fully saturated rings. The minimum Gasteiger partial charge on any atom is -0.463 e. The van der Waals surface area contributed by atoms with Crippen molar-refractivity contribution in [3.8, 4) is 11.8 Å². The van der Waals surface area contributed by atoms with E-state index >= 15 is 4.79 Å². The molecule has 3 aromatic carbocycles. The molecule has 6 rings (SSSR count). The normalized spacial score (nSPS) is 18.7. The number of amidine groups is 1. The number of nitrogens with two attached hydrogens (primary N) is 2. The Labute approximate surface area is 338 Å². The number of guanidine groups is 1. The Hall–Kier alpha value is -5.81. The van der Waals surface area contributed by atoms with Crippen LogP contribution in [0.1, 0.15) is 81.8 Å². The van der Waals surface area contributed by atoms with E-state index in [1.807, 2.05) is 63.2 Å². The summed E-state index contributed by atoms with van der Waals surface area (Å²) in [5.41, 5.74) is 10.9. The average Bonchev–Trinajstić information content (AvgIpc) is 3.91. The van der Waals surface area contributed by atoms with Crippen LogP contribution in [0.4, 0.5) is 23.2 Å². The van der Waals surface area contributed by atoms with Crippen molar-refractivity contribution in [2.45, 2.75) is 77.3 Å². The minimum absolute atomic E-state index is 0.0406. The summed E-state index contributed by atoms with van der Waals surface area (Å²) in [5, 5.41) is 0.666. The maximum atomic E-state index is 15.1. The SMILES string of the molecule is CC(C)(C)C[C@]1(c2ccc3nc(C#Cc4ccccc4)ccc3c2)N=C(N)N([C@H](COC(=O)CC2(C(C)(F)F)CC2)c2ccc(Cl)c(N=C(N=CN)C(F)F)c2)C1=O. The van der Waals surface area contributed by atoms with Crippen LogP contribution in [0.2, 0.25) is 5.02 Å². The van der Waals surface area contributed by atoms with Crippen LogP contribution in [0.3, 0.4) is 0 Å². The molecule has 58 heavy (non-hydrogen) atoms. The second-order valence-corrected chi connectivity index (χ2v) is 16.2. The molecule has 0 radical (unpaired) electrons. The molecule has 2 heterocycles. The number of alkyl halides is 4. The second kappa shape index (κ2) is 16.2. The van der Waals surface area contributed by atoms with Gasteiger partial charge < -0.3 is 16.2 Å². The van der Waals surface area contributed by atoms with Crippen LogP contribution in [-0.4, -0.2) is 58.8 Å². The highest BCUT2D eigenvalue weighted by Crippen LogP contribution is 2.59.